The van der Waals surface area contributed by atoms with Crippen molar-refractivity contribution in [2.75, 3.05) is 0 Å². The van der Waals surface area contributed by atoms with Crippen molar-refractivity contribution in [3.8, 4) is 11.4 Å². The monoisotopic (exact) mass is 324 g/mol. The van der Waals surface area contributed by atoms with E-state index in [-0.39, 0.29) is 6.54 Å². The molecule has 0 amide bonds. The van der Waals surface area contributed by atoms with Crippen LogP contribution in [0.2, 0.25) is 0 Å². The lowest BCUT2D eigenvalue weighted by Gasteiger charge is -2.19. The number of benzene rings is 1. The normalized spacial score (nSPS) is 11.5. The molecule has 1 aromatic carbocycles. The minimum atomic E-state index is -0.939. The van der Waals surface area contributed by atoms with Crippen LogP contribution in [0.5, 0.6) is 0 Å². The highest BCUT2D eigenvalue weighted by molar-refractivity contribution is 9.10. The van der Waals surface area contributed by atoms with Crippen LogP contribution in [0.15, 0.2) is 28.7 Å². The van der Waals surface area contributed by atoms with Crippen LogP contribution in [0.25, 0.3) is 11.4 Å². The third-order valence-corrected chi connectivity index (χ3v) is 3.46. The highest BCUT2D eigenvalue weighted by Gasteiger charge is 2.29. The largest absolute Gasteiger partial charge is 0.481 e. The fourth-order valence-corrected chi connectivity index (χ4v) is 2.05. The number of tetrazole rings is 1. The first-order chi connectivity index (χ1) is 8.92. The van der Waals surface area contributed by atoms with Gasteiger partial charge in [-0.1, -0.05) is 28.1 Å². The van der Waals surface area contributed by atoms with Gasteiger partial charge in [-0.2, -0.15) is 0 Å². The van der Waals surface area contributed by atoms with Crippen LogP contribution in [0.3, 0.4) is 0 Å². The van der Waals surface area contributed by atoms with E-state index >= 15 is 0 Å². The van der Waals surface area contributed by atoms with Gasteiger partial charge in [-0.15, -0.1) is 5.10 Å². The van der Waals surface area contributed by atoms with Crippen molar-refractivity contribution >= 4 is 21.9 Å². The molecule has 0 atom stereocenters. The first kappa shape index (κ1) is 13.7. The maximum absolute atomic E-state index is 11.2. The first-order valence-electron chi connectivity index (χ1n) is 5.66. The van der Waals surface area contributed by atoms with Gasteiger partial charge in [0.25, 0.3) is 0 Å². The second-order valence-corrected chi connectivity index (χ2v) is 5.68. The Kier molecular flexibility index (Phi) is 3.66. The van der Waals surface area contributed by atoms with Crippen LogP contribution in [0.4, 0.5) is 0 Å². The lowest BCUT2D eigenvalue weighted by molar-refractivity contribution is -0.147. The minimum absolute atomic E-state index is 0.200. The molecule has 100 valence electrons. The van der Waals surface area contributed by atoms with Crippen LogP contribution in [-0.4, -0.2) is 31.3 Å². The number of carboxylic acid groups (broad SMARTS) is 1. The molecule has 0 aliphatic rings. The second-order valence-electron chi connectivity index (χ2n) is 4.83. The van der Waals surface area contributed by atoms with Crippen molar-refractivity contribution in [2.45, 2.75) is 20.4 Å². The van der Waals surface area contributed by atoms with Crippen molar-refractivity contribution in [3.63, 3.8) is 0 Å². The lowest BCUT2D eigenvalue weighted by Crippen LogP contribution is -2.30. The third-order valence-electron chi connectivity index (χ3n) is 2.77. The number of rotatable bonds is 4. The standard InChI is InChI=1S/C12H13BrN4O2/c1-12(2,11(18)19)7-17-10(14-15-16-17)8-5-3-4-6-9(8)13/h3-6H,7H2,1-2H3,(H,18,19). The first-order valence-corrected chi connectivity index (χ1v) is 6.45. The average Bonchev–Trinajstić information content (AvgIpc) is 2.77. The molecule has 0 radical (unpaired) electrons. The van der Waals surface area contributed by atoms with Gasteiger partial charge in [0.15, 0.2) is 5.82 Å². The van der Waals surface area contributed by atoms with Crippen molar-refractivity contribution in [1.82, 2.24) is 20.2 Å². The van der Waals surface area contributed by atoms with Gasteiger partial charge in [-0.3, -0.25) is 4.79 Å². The van der Waals surface area contributed by atoms with Crippen LogP contribution >= 0.6 is 15.9 Å². The Labute approximate surface area is 118 Å². The molecule has 2 rings (SSSR count). The van der Waals surface area contributed by atoms with E-state index in [2.05, 4.69) is 31.5 Å². The molecule has 6 nitrogen and oxygen atoms in total. The zero-order valence-corrected chi connectivity index (χ0v) is 12.1. The highest BCUT2D eigenvalue weighted by atomic mass is 79.9. The van der Waals surface area contributed by atoms with Crippen molar-refractivity contribution in [3.05, 3.63) is 28.7 Å². The van der Waals surface area contributed by atoms with Gasteiger partial charge in [-0.05, 0) is 36.4 Å². The molecule has 1 aromatic heterocycles. The third kappa shape index (κ3) is 2.81. The van der Waals surface area contributed by atoms with Crippen LogP contribution in [0.1, 0.15) is 13.8 Å². The summed E-state index contributed by atoms with van der Waals surface area (Å²) in [5.74, 6) is -0.345. The molecule has 19 heavy (non-hydrogen) atoms. The SMILES string of the molecule is CC(C)(Cn1nnnc1-c1ccccc1Br)C(=O)O. The lowest BCUT2D eigenvalue weighted by atomic mass is 9.94. The Bertz CT molecular complexity index is 609. The van der Waals surface area contributed by atoms with E-state index < -0.39 is 11.4 Å². The molecule has 0 bridgehead atoms. The van der Waals surface area contributed by atoms with Gasteiger partial charge in [0.05, 0.1) is 12.0 Å². The number of hydrogen-bond acceptors (Lipinski definition) is 4. The number of carboxylic acids is 1. The van der Waals surface area contributed by atoms with Crippen molar-refractivity contribution < 1.29 is 9.90 Å². The van der Waals surface area contributed by atoms with E-state index in [0.29, 0.717) is 5.82 Å². The predicted octanol–water partition coefficient (Wildman–Crippen LogP) is 2.21. The smallest absolute Gasteiger partial charge is 0.310 e. The molecular weight excluding hydrogens is 312 g/mol. The maximum Gasteiger partial charge on any atom is 0.310 e. The molecule has 1 heterocycles. The van der Waals surface area contributed by atoms with Gasteiger partial charge >= 0.3 is 5.97 Å². The summed E-state index contributed by atoms with van der Waals surface area (Å²) in [5.41, 5.74) is -0.112. The second kappa shape index (κ2) is 5.08. The molecule has 2 aromatic rings. The molecule has 7 heteroatoms. The molecule has 0 spiro atoms. The summed E-state index contributed by atoms with van der Waals surface area (Å²) in [5, 5.41) is 20.6. The van der Waals surface area contributed by atoms with E-state index in [0.717, 1.165) is 10.0 Å². The zero-order chi connectivity index (χ0) is 14.0. The fraction of sp³-hybridized carbons (Fsp3) is 0.333. The number of aliphatic carboxylic acids is 1. The Balaban J connectivity index is 2.39. The van der Waals surface area contributed by atoms with E-state index in [1.54, 1.807) is 13.8 Å². The Hall–Kier alpha value is -1.76. The Morgan fingerprint density at radius 1 is 1.42 bits per heavy atom. The maximum atomic E-state index is 11.2. The summed E-state index contributed by atoms with van der Waals surface area (Å²) in [7, 11) is 0. The van der Waals surface area contributed by atoms with Crippen molar-refractivity contribution in [2.24, 2.45) is 5.41 Å². The van der Waals surface area contributed by atoms with Gasteiger partial charge in [-0.25, -0.2) is 4.68 Å². The molecule has 0 saturated heterocycles. The zero-order valence-electron chi connectivity index (χ0n) is 10.5. The Morgan fingerprint density at radius 3 is 2.74 bits per heavy atom. The summed E-state index contributed by atoms with van der Waals surface area (Å²) < 4.78 is 2.37. The van der Waals surface area contributed by atoms with Crippen LogP contribution in [-0.2, 0) is 11.3 Å². The molecule has 0 unspecified atom stereocenters. The highest BCUT2D eigenvalue weighted by Crippen LogP contribution is 2.27. The number of carbonyl (C=O) groups is 1. The molecule has 0 aliphatic heterocycles. The minimum Gasteiger partial charge on any atom is -0.481 e. The number of nitrogens with zero attached hydrogens (tertiary/aromatic N) is 4. The Morgan fingerprint density at radius 2 is 2.11 bits per heavy atom. The fourth-order valence-electron chi connectivity index (χ4n) is 1.59. The van der Waals surface area contributed by atoms with E-state index in [1.807, 2.05) is 24.3 Å². The summed E-state index contributed by atoms with van der Waals surface area (Å²) in [6, 6.07) is 7.53. The molecule has 0 fully saturated rings. The molecule has 0 saturated carbocycles. The van der Waals surface area contributed by atoms with Crippen LogP contribution < -0.4 is 0 Å². The van der Waals surface area contributed by atoms with Gasteiger partial charge in [0.2, 0.25) is 0 Å². The summed E-state index contributed by atoms with van der Waals surface area (Å²) in [4.78, 5) is 11.2. The number of hydrogen-bond donors (Lipinski definition) is 1. The summed E-state index contributed by atoms with van der Waals surface area (Å²) in [6.45, 7) is 3.48. The predicted molar refractivity (Wildman–Crippen MR) is 72.4 cm³/mol. The molecule has 1 N–H and O–H groups in total. The summed E-state index contributed by atoms with van der Waals surface area (Å²) >= 11 is 3.44. The van der Waals surface area contributed by atoms with Crippen LogP contribution in [0, 0.1) is 5.41 Å². The van der Waals surface area contributed by atoms with Gasteiger partial charge < -0.3 is 5.11 Å². The quantitative estimate of drug-likeness (QED) is 0.932. The van der Waals surface area contributed by atoms with Crippen molar-refractivity contribution in [1.29, 1.82) is 0 Å². The topological polar surface area (TPSA) is 80.9 Å². The molecule has 0 aliphatic carbocycles. The molecular formula is C12H13BrN4O2. The van der Waals surface area contributed by atoms with Gasteiger partial charge in [0.1, 0.15) is 0 Å². The summed E-state index contributed by atoms with van der Waals surface area (Å²) in [6.07, 6.45) is 0. The number of halogens is 1. The van der Waals surface area contributed by atoms with Gasteiger partial charge in [0, 0.05) is 10.0 Å². The van der Waals surface area contributed by atoms with E-state index in [4.69, 9.17) is 5.11 Å². The average molecular weight is 325 g/mol. The van der Waals surface area contributed by atoms with E-state index in [1.165, 1.54) is 4.68 Å². The van der Waals surface area contributed by atoms with E-state index in [9.17, 15) is 4.79 Å². The number of aromatic nitrogens is 4.